The van der Waals surface area contributed by atoms with Crippen LogP contribution in [0.25, 0.3) is 0 Å². The molecule has 0 aliphatic heterocycles. The number of nitrogens with one attached hydrogen (secondary N) is 1. The monoisotopic (exact) mass is 540 g/mol. The fraction of sp³-hybridized carbons (Fsp3) is 0.345. The quantitative estimate of drug-likeness (QED) is 0.364. The molecule has 0 saturated heterocycles. The Balaban J connectivity index is 1.96. The summed E-state index contributed by atoms with van der Waals surface area (Å²) in [5.41, 5.74) is 4.67. The van der Waals surface area contributed by atoms with E-state index in [2.05, 4.69) is 17.4 Å². The Bertz CT molecular complexity index is 1390. The Morgan fingerprint density at radius 2 is 1.53 bits per heavy atom. The third-order valence-corrected chi connectivity index (χ3v) is 8.16. The summed E-state index contributed by atoms with van der Waals surface area (Å²) in [4.78, 5) is 13.2. The zero-order valence-electron chi connectivity index (χ0n) is 23.0. The number of methoxy groups -OCH3 is 2. The van der Waals surface area contributed by atoms with E-state index >= 15 is 0 Å². The number of hydrogen-bond acceptors (Lipinski definition) is 6. The molecule has 8 nitrogen and oxygen atoms in total. The Morgan fingerprint density at radius 1 is 0.895 bits per heavy atom. The molecular weight excluding hydrogens is 504 g/mol. The van der Waals surface area contributed by atoms with Gasteiger partial charge in [0.2, 0.25) is 5.91 Å². The maximum absolute atomic E-state index is 13.9. The van der Waals surface area contributed by atoms with Crippen molar-refractivity contribution < 1.29 is 27.4 Å². The van der Waals surface area contributed by atoms with Crippen LogP contribution in [-0.4, -0.2) is 41.7 Å². The van der Waals surface area contributed by atoms with E-state index in [1.54, 1.807) is 24.3 Å². The lowest BCUT2D eigenvalue weighted by molar-refractivity contribution is -0.120. The maximum atomic E-state index is 13.9. The largest absolute Gasteiger partial charge is 0.494 e. The van der Waals surface area contributed by atoms with Gasteiger partial charge in [0.15, 0.2) is 11.5 Å². The molecule has 0 saturated carbocycles. The summed E-state index contributed by atoms with van der Waals surface area (Å²) in [6.07, 6.45) is 0. The molecule has 0 fully saturated rings. The van der Waals surface area contributed by atoms with Gasteiger partial charge in [-0.25, -0.2) is 8.42 Å². The normalized spacial score (nSPS) is 12.0. The van der Waals surface area contributed by atoms with Crippen LogP contribution in [0.3, 0.4) is 0 Å². The van der Waals surface area contributed by atoms with E-state index in [0.717, 1.165) is 21.0 Å². The van der Waals surface area contributed by atoms with E-state index in [0.29, 0.717) is 23.8 Å². The minimum absolute atomic E-state index is 0.0325. The van der Waals surface area contributed by atoms with Gasteiger partial charge in [0.05, 0.1) is 37.5 Å². The van der Waals surface area contributed by atoms with Crippen molar-refractivity contribution in [2.24, 2.45) is 0 Å². The average Bonchev–Trinajstić information content (AvgIpc) is 2.89. The second kappa shape index (κ2) is 12.2. The Labute approximate surface area is 225 Å². The van der Waals surface area contributed by atoms with Crippen LogP contribution in [0.15, 0.2) is 59.5 Å². The van der Waals surface area contributed by atoms with Crippen LogP contribution in [0.5, 0.6) is 17.2 Å². The summed E-state index contributed by atoms with van der Waals surface area (Å²) in [6.45, 7) is 9.88. The molecule has 0 bridgehead atoms. The van der Waals surface area contributed by atoms with Crippen LogP contribution in [0.4, 0.5) is 5.69 Å². The summed E-state index contributed by atoms with van der Waals surface area (Å²) in [5, 5.41) is 2.97. The molecular formula is C29H36N2O6S. The summed E-state index contributed by atoms with van der Waals surface area (Å²) < 4.78 is 44.9. The van der Waals surface area contributed by atoms with Crippen molar-refractivity contribution in [2.75, 3.05) is 31.7 Å². The third kappa shape index (κ3) is 6.39. The molecule has 0 heterocycles. The first-order chi connectivity index (χ1) is 18.0. The Hall–Kier alpha value is -3.72. The van der Waals surface area contributed by atoms with Crippen molar-refractivity contribution in [3.05, 3.63) is 76.9 Å². The fourth-order valence-electron chi connectivity index (χ4n) is 4.24. The number of ether oxygens (including phenoxy) is 3. The van der Waals surface area contributed by atoms with Crippen LogP contribution in [0, 0.1) is 20.8 Å². The molecule has 0 aromatic heterocycles. The predicted molar refractivity (Wildman–Crippen MR) is 149 cm³/mol. The van der Waals surface area contributed by atoms with E-state index in [1.807, 2.05) is 34.6 Å². The lowest BCUT2D eigenvalue weighted by atomic mass is 9.96. The molecule has 3 aromatic carbocycles. The molecule has 1 atom stereocenters. The molecule has 0 aliphatic carbocycles. The van der Waals surface area contributed by atoms with Crippen molar-refractivity contribution >= 4 is 21.6 Å². The molecule has 0 radical (unpaired) electrons. The summed E-state index contributed by atoms with van der Waals surface area (Å²) in [5.74, 6) is 0.828. The third-order valence-electron chi connectivity index (χ3n) is 6.39. The van der Waals surface area contributed by atoms with Crippen LogP contribution < -0.4 is 23.8 Å². The number of carbonyl (C=O) groups excluding carboxylic acids is 1. The van der Waals surface area contributed by atoms with E-state index in [1.165, 1.54) is 38.0 Å². The maximum Gasteiger partial charge on any atom is 0.264 e. The zero-order valence-corrected chi connectivity index (χ0v) is 23.8. The molecule has 3 aromatic rings. The summed E-state index contributed by atoms with van der Waals surface area (Å²) >= 11 is 0. The standard InChI is InChI=1S/C29H36N2O6S/c1-8-37-24-11-9-23(10-12-24)31(38(33,34)25-13-14-27(35-6)28(17-25)36-7)18-29(32)30-22(5)26-16-20(3)19(2)15-21(26)4/h9-17,22H,8,18H2,1-7H3,(H,30,32)/t22-/m0/s1. The van der Waals surface area contributed by atoms with Gasteiger partial charge in [0.1, 0.15) is 12.3 Å². The highest BCUT2D eigenvalue weighted by Crippen LogP contribution is 2.33. The van der Waals surface area contributed by atoms with Gasteiger partial charge < -0.3 is 19.5 Å². The number of amides is 1. The first kappa shape index (κ1) is 28.8. The first-order valence-corrected chi connectivity index (χ1v) is 13.8. The van der Waals surface area contributed by atoms with E-state index < -0.39 is 22.5 Å². The van der Waals surface area contributed by atoms with Gasteiger partial charge in [-0.3, -0.25) is 9.10 Å². The van der Waals surface area contributed by atoms with Crippen LogP contribution in [0.2, 0.25) is 0 Å². The molecule has 3 rings (SSSR count). The van der Waals surface area contributed by atoms with Crippen molar-refractivity contribution in [1.29, 1.82) is 0 Å². The highest BCUT2D eigenvalue weighted by atomic mass is 32.2. The second-order valence-corrected chi connectivity index (χ2v) is 10.9. The minimum atomic E-state index is -4.16. The average molecular weight is 541 g/mol. The summed E-state index contributed by atoms with van der Waals surface area (Å²) in [7, 11) is -1.25. The lowest BCUT2D eigenvalue weighted by Crippen LogP contribution is -2.41. The van der Waals surface area contributed by atoms with E-state index in [9.17, 15) is 13.2 Å². The number of anilines is 1. The fourth-order valence-corrected chi connectivity index (χ4v) is 5.68. The van der Waals surface area contributed by atoms with Crippen molar-refractivity contribution in [3.63, 3.8) is 0 Å². The van der Waals surface area contributed by atoms with E-state index in [4.69, 9.17) is 14.2 Å². The number of hydrogen-bond donors (Lipinski definition) is 1. The zero-order chi connectivity index (χ0) is 28.0. The van der Waals surface area contributed by atoms with Crippen LogP contribution in [0.1, 0.15) is 42.1 Å². The van der Waals surface area contributed by atoms with Crippen molar-refractivity contribution in [3.8, 4) is 17.2 Å². The summed E-state index contributed by atoms with van der Waals surface area (Å²) in [6, 6.07) is 14.7. The second-order valence-electron chi connectivity index (χ2n) is 9.04. The minimum Gasteiger partial charge on any atom is -0.494 e. The van der Waals surface area contributed by atoms with Gasteiger partial charge in [-0.15, -0.1) is 0 Å². The first-order valence-electron chi connectivity index (χ1n) is 12.4. The van der Waals surface area contributed by atoms with E-state index in [-0.39, 0.29) is 16.7 Å². The molecule has 38 heavy (non-hydrogen) atoms. The van der Waals surface area contributed by atoms with Gasteiger partial charge in [-0.1, -0.05) is 12.1 Å². The van der Waals surface area contributed by atoms with Crippen molar-refractivity contribution in [1.82, 2.24) is 5.32 Å². The van der Waals surface area contributed by atoms with Crippen molar-refractivity contribution in [2.45, 2.75) is 45.6 Å². The van der Waals surface area contributed by atoms with Gasteiger partial charge in [0, 0.05) is 6.07 Å². The van der Waals surface area contributed by atoms with Gasteiger partial charge in [-0.2, -0.15) is 0 Å². The molecule has 0 spiro atoms. The highest BCUT2D eigenvalue weighted by Gasteiger charge is 2.29. The molecule has 1 N–H and O–H groups in total. The smallest absolute Gasteiger partial charge is 0.264 e. The molecule has 0 aliphatic rings. The number of carbonyl (C=O) groups is 1. The molecule has 204 valence electrons. The topological polar surface area (TPSA) is 94.2 Å². The number of nitrogens with zero attached hydrogens (tertiary/aromatic N) is 1. The number of rotatable bonds is 11. The Morgan fingerprint density at radius 3 is 2.13 bits per heavy atom. The Kier molecular flexibility index (Phi) is 9.27. The molecule has 9 heteroatoms. The van der Waals surface area contributed by atoms with Crippen LogP contribution in [-0.2, 0) is 14.8 Å². The van der Waals surface area contributed by atoms with Gasteiger partial charge in [0.25, 0.3) is 10.0 Å². The van der Waals surface area contributed by atoms with Gasteiger partial charge >= 0.3 is 0 Å². The van der Waals surface area contributed by atoms with Crippen LogP contribution >= 0.6 is 0 Å². The molecule has 1 amide bonds. The number of sulfonamides is 1. The predicted octanol–water partition coefficient (Wildman–Crippen LogP) is 5.10. The molecule has 0 unspecified atom stereocenters. The SMILES string of the molecule is CCOc1ccc(N(CC(=O)N[C@@H](C)c2cc(C)c(C)cc2C)S(=O)(=O)c2ccc(OC)c(OC)c2)cc1. The lowest BCUT2D eigenvalue weighted by Gasteiger charge is -2.26. The number of benzene rings is 3. The van der Waals surface area contributed by atoms with Gasteiger partial charge in [-0.05, 0) is 93.3 Å². The highest BCUT2D eigenvalue weighted by molar-refractivity contribution is 7.92. The number of aryl methyl sites for hydroxylation is 3.